The first-order valence-electron chi connectivity index (χ1n) is 5.05. The maximum atomic E-state index is 11.7. The van der Waals surface area contributed by atoms with Gasteiger partial charge in [-0.2, -0.15) is 0 Å². The van der Waals surface area contributed by atoms with E-state index in [2.05, 4.69) is 4.98 Å². The van der Waals surface area contributed by atoms with E-state index in [1.165, 1.54) is 6.07 Å². The highest BCUT2D eigenvalue weighted by Crippen LogP contribution is 2.47. The summed E-state index contributed by atoms with van der Waals surface area (Å²) in [5.74, 6) is 0. The number of nitrogens with one attached hydrogen (secondary N) is 1. The van der Waals surface area contributed by atoms with Gasteiger partial charge in [-0.1, -0.05) is 58.0 Å². The number of benzene rings is 1. The fourth-order valence-electron chi connectivity index (χ4n) is 1.53. The molecule has 100 valence electrons. The summed E-state index contributed by atoms with van der Waals surface area (Å²) in [7, 11) is 0. The van der Waals surface area contributed by atoms with Crippen LogP contribution in [-0.4, -0.2) is 4.98 Å². The van der Waals surface area contributed by atoms with Gasteiger partial charge in [0.15, 0.2) is 5.43 Å². The minimum atomic E-state index is -0.150. The molecule has 0 saturated heterocycles. The third kappa shape index (κ3) is 2.61. The molecule has 2 nitrogen and oxygen atoms in total. The van der Waals surface area contributed by atoms with E-state index >= 15 is 0 Å². The highest BCUT2D eigenvalue weighted by molar-refractivity contribution is 6.56. The zero-order valence-electron chi connectivity index (χ0n) is 9.45. The van der Waals surface area contributed by atoms with E-state index in [4.69, 9.17) is 58.0 Å². The molecule has 0 spiro atoms. The van der Waals surface area contributed by atoms with E-state index in [9.17, 15) is 4.79 Å². The third-order valence-electron chi connectivity index (χ3n) is 2.59. The van der Waals surface area contributed by atoms with Crippen LogP contribution in [0.5, 0.6) is 0 Å². The second-order valence-corrected chi connectivity index (χ2v) is 5.73. The maximum Gasteiger partial charge on any atom is 0.185 e. The molecule has 1 N–H and O–H groups in total. The lowest BCUT2D eigenvalue weighted by Crippen LogP contribution is -2.05. The molecule has 1 heterocycles. The predicted molar refractivity (Wildman–Crippen MR) is 82.3 cm³/mol. The van der Waals surface area contributed by atoms with E-state index in [0.717, 1.165) is 0 Å². The first kappa shape index (κ1) is 15.0. The molecule has 0 fully saturated rings. The lowest BCUT2D eigenvalue weighted by Gasteiger charge is -2.12. The molecule has 0 unspecified atom stereocenters. The maximum absolute atomic E-state index is 11.7. The quantitative estimate of drug-likeness (QED) is 0.522. The monoisotopic (exact) mass is 355 g/mol. The van der Waals surface area contributed by atoms with E-state index in [1.807, 2.05) is 0 Å². The van der Waals surface area contributed by atoms with Crippen LogP contribution in [0.15, 0.2) is 17.1 Å². The first-order valence-corrected chi connectivity index (χ1v) is 6.94. The molecular weight excluding hydrogens is 351 g/mol. The number of halogens is 5. The molecule has 1 aromatic carbocycles. The first-order chi connectivity index (χ1) is 8.84. The average Bonchev–Trinajstić information content (AvgIpc) is 2.38. The number of aromatic amines is 1. The van der Waals surface area contributed by atoms with Crippen LogP contribution in [0.3, 0.4) is 0 Å². The molecule has 0 aliphatic carbocycles. The van der Waals surface area contributed by atoms with Crippen LogP contribution in [0.4, 0.5) is 0 Å². The second-order valence-electron chi connectivity index (χ2n) is 3.84. The van der Waals surface area contributed by atoms with Crippen LogP contribution in [0, 0.1) is 6.92 Å². The molecule has 2 aromatic rings. The molecule has 0 bridgehead atoms. The Balaban J connectivity index is 2.82. The van der Waals surface area contributed by atoms with Crippen LogP contribution in [0.25, 0.3) is 11.3 Å². The Kier molecular flexibility index (Phi) is 4.38. The molecule has 0 aliphatic rings. The summed E-state index contributed by atoms with van der Waals surface area (Å²) in [6.45, 7) is 1.69. The van der Waals surface area contributed by atoms with Gasteiger partial charge in [0.05, 0.1) is 30.8 Å². The Morgan fingerprint density at radius 3 is 1.84 bits per heavy atom. The van der Waals surface area contributed by atoms with Gasteiger partial charge in [0.2, 0.25) is 0 Å². The van der Waals surface area contributed by atoms with Crippen LogP contribution in [-0.2, 0) is 0 Å². The minimum absolute atomic E-state index is 0.0801. The lowest BCUT2D eigenvalue weighted by atomic mass is 10.1. The van der Waals surface area contributed by atoms with E-state index in [1.54, 1.807) is 13.1 Å². The molecule has 19 heavy (non-hydrogen) atoms. The van der Waals surface area contributed by atoms with Gasteiger partial charge >= 0.3 is 0 Å². The summed E-state index contributed by atoms with van der Waals surface area (Å²) in [4.78, 5) is 14.6. The van der Waals surface area contributed by atoms with Crippen molar-refractivity contribution in [3.05, 3.63) is 53.2 Å². The van der Waals surface area contributed by atoms with Crippen LogP contribution < -0.4 is 5.43 Å². The molecule has 0 saturated carbocycles. The van der Waals surface area contributed by atoms with Gasteiger partial charge in [-0.25, -0.2) is 0 Å². The zero-order chi connectivity index (χ0) is 14.3. The molecule has 1 aromatic heterocycles. The van der Waals surface area contributed by atoms with Gasteiger partial charge in [-0.3, -0.25) is 4.79 Å². The third-order valence-corrected chi connectivity index (χ3v) is 4.86. The number of aromatic nitrogens is 1. The summed E-state index contributed by atoms with van der Waals surface area (Å²) < 4.78 is 0. The summed E-state index contributed by atoms with van der Waals surface area (Å²) in [6, 6.07) is 1.38. The Morgan fingerprint density at radius 2 is 1.37 bits per heavy atom. The van der Waals surface area contributed by atoms with E-state index < -0.39 is 0 Å². The van der Waals surface area contributed by atoms with Gasteiger partial charge < -0.3 is 4.98 Å². The highest BCUT2D eigenvalue weighted by Gasteiger charge is 2.21. The zero-order valence-corrected chi connectivity index (χ0v) is 13.2. The van der Waals surface area contributed by atoms with Crippen molar-refractivity contribution in [2.24, 2.45) is 0 Å². The van der Waals surface area contributed by atoms with Gasteiger partial charge in [0, 0.05) is 23.4 Å². The summed E-state index contributed by atoms with van der Waals surface area (Å²) in [5, 5.41) is 0.543. The topological polar surface area (TPSA) is 32.9 Å². The Labute approximate surface area is 134 Å². The molecule has 7 heteroatoms. The predicted octanol–water partition coefficient (Wildman–Crippen LogP) is 5.62. The molecule has 2 rings (SSSR count). The van der Waals surface area contributed by atoms with Crippen molar-refractivity contribution in [1.82, 2.24) is 4.98 Å². The number of rotatable bonds is 1. The van der Waals surface area contributed by atoms with Gasteiger partial charge in [0.1, 0.15) is 0 Å². The Hall–Kier alpha value is -0.380. The van der Waals surface area contributed by atoms with Crippen LogP contribution in [0.2, 0.25) is 25.1 Å². The largest absolute Gasteiger partial charge is 0.361 e. The number of hydrogen-bond acceptors (Lipinski definition) is 1. The molecule has 0 amide bonds. The normalized spacial score (nSPS) is 10.8. The second kappa shape index (κ2) is 5.55. The summed E-state index contributed by atoms with van der Waals surface area (Å²) in [5.41, 5.74) is 1.19. The van der Waals surface area contributed by atoms with E-state index in [0.29, 0.717) is 16.8 Å². The van der Waals surface area contributed by atoms with Crippen molar-refractivity contribution in [2.45, 2.75) is 6.92 Å². The minimum Gasteiger partial charge on any atom is -0.361 e. The SMILES string of the molecule is Cc1c[nH]c(-c2c(Cl)c(Cl)c(Cl)c(Cl)c2Cl)cc1=O. The van der Waals surface area contributed by atoms with Crippen molar-refractivity contribution in [2.75, 3.05) is 0 Å². The summed E-state index contributed by atoms with van der Waals surface area (Å²) in [6.07, 6.45) is 1.56. The number of pyridine rings is 1. The molecular formula is C12H6Cl5NO. The van der Waals surface area contributed by atoms with E-state index in [-0.39, 0.29) is 30.5 Å². The van der Waals surface area contributed by atoms with Gasteiger partial charge in [-0.05, 0) is 6.92 Å². The average molecular weight is 357 g/mol. The molecule has 0 aliphatic heterocycles. The molecule has 0 radical (unpaired) electrons. The molecule has 0 atom stereocenters. The van der Waals surface area contributed by atoms with Crippen molar-refractivity contribution < 1.29 is 0 Å². The van der Waals surface area contributed by atoms with Crippen molar-refractivity contribution >= 4 is 58.0 Å². The van der Waals surface area contributed by atoms with Gasteiger partial charge in [0.25, 0.3) is 0 Å². The van der Waals surface area contributed by atoms with Gasteiger partial charge in [-0.15, -0.1) is 0 Å². The van der Waals surface area contributed by atoms with Crippen molar-refractivity contribution in [3.8, 4) is 11.3 Å². The van der Waals surface area contributed by atoms with Crippen LogP contribution >= 0.6 is 58.0 Å². The smallest absolute Gasteiger partial charge is 0.185 e. The fourth-order valence-corrected chi connectivity index (χ4v) is 2.87. The standard InChI is InChI=1S/C12H6Cl5NO/c1-4-3-18-5(2-6(4)19)7-8(13)10(15)12(17)11(16)9(7)14/h2-3H,1H3,(H,18,19). The Morgan fingerprint density at radius 1 is 0.895 bits per heavy atom. The Bertz CT molecular complexity index is 694. The lowest BCUT2D eigenvalue weighted by molar-refractivity contribution is 1.24. The van der Waals surface area contributed by atoms with Crippen molar-refractivity contribution in [1.29, 1.82) is 0 Å². The highest BCUT2D eigenvalue weighted by atomic mass is 35.5. The van der Waals surface area contributed by atoms with Crippen molar-refractivity contribution in [3.63, 3.8) is 0 Å². The number of H-pyrrole nitrogens is 1. The van der Waals surface area contributed by atoms with Crippen LogP contribution in [0.1, 0.15) is 5.56 Å². The number of aryl methyl sites for hydroxylation is 1. The fraction of sp³-hybridized carbons (Fsp3) is 0.0833. The number of hydrogen-bond donors (Lipinski definition) is 1. The summed E-state index contributed by atoms with van der Waals surface area (Å²) >= 11 is 30.1.